The summed E-state index contributed by atoms with van der Waals surface area (Å²) in [7, 11) is 0. The molecule has 1 fully saturated rings. The van der Waals surface area contributed by atoms with Crippen LogP contribution in [0.1, 0.15) is 60.2 Å². The topological polar surface area (TPSA) is 75.0 Å². The van der Waals surface area contributed by atoms with Crippen LogP contribution in [-0.2, 0) is 6.42 Å². The summed E-state index contributed by atoms with van der Waals surface area (Å²) in [6.07, 6.45) is 2.80. The first-order valence-corrected chi connectivity index (χ1v) is 9.71. The highest BCUT2D eigenvalue weighted by Crippen LogP contribution is 2.28. The number of carbonyl (C=O) groups excluding carboxylic acids is 1. The standard InChI is InChI=1S/C21H26N4O2/c1-13(2)10-16-11-18(27-24-16)21(26)25-9-5-7-15(12-25)20-22-17-8-4-6-14(3)19(17)23-20/h4,6,8,11,13,15H,5,7,9-10,12H2,1-3H3,(H,22,23)/t15-/m1/s1. The second-order valence-corrected chi connectivity index (χ2v) is 7.96. The lowest BCUT2D eigenvalue weighted by molar-refractivity contribution is 0.0663. The maximum absolute atomic E-state index is 12.9. The van der Waals surface area contributed by atoms with Gasteiger partial charge in [-0.1, -0.05) is 31.1 Å². The maximum Gasteiger partial charge on any atom is 0.292 e. The van der Waals surface area contributed by atoms with Crippen molar-refractivity contribution in [3.8, 4) is 0 Å². The Kier molecular flexibility index (Phi) is 4.72. The van der Waals surface area contributed by atoms with E-state index in [-0.39, 0.29) is 11.8 Å². The van der Waals surface area contributed by atoms with Gasteiger partial charge in [-0.15, -0.1) is 0 Å². The number of carbonyl (C=O) groups is 1. The fourth-order valence-electron chi connectivity index (χ4n) is 3.86. The number of nitrogens with zero attached hydrogens (tertiary/aromatic N) is 3. The smallest absolute Gasteiger partial charge is 0.292 e. The lowest BCUT2D eigenvalue weighted by atomic mass is 9.97. The third kappa shape index (κ3) is 3.61. The van der Waals surface area contributed by atoms with Crippen LogP contribution in [0.25, 0.3) is 11.0 Å². The van der Waals surface area contributed by atoms with Gasteiger partial charge in [0.05, 0.1) is 16.7 Å². The van der Waals surface area contributed by atoms with Crippen LogP contribution in [0.3, 0.4) is 0 Å². The molecule has 1 amide bonds. The van der Waals surface area contributed by atoms with Gasteiger partial charge in [0.15, 0.2) is 0 Å². The van der Waals surface area contributed by atoms with Gasteiger partial charge < -0.3 is 14.4 Å². The van der Waals surface area contributed by atoms with Crippen molar-refractivity contribution >= 4 is 16.9 Å². The molecule has 2 aromatic heterocycles. The van der Waals surface area contributed by atoms with E-state index >= 15 is 0 Å². The highest BCUT2D eigenvalue weighted by molar-refractivity contribution is 5.91. The highest BCUT2D eigenvalue weighted by Gasteiger charge is 2.29. The van der Waals surface area contributed by atoms with Gasteiger partial charge in [-0.2, -0.15) is 0 Å². The number of aryl methyl sites for hydroxylation is 1. The molecule has 0 radical (unpaired) electrons. The van der Waals surface area contributed by atoms with Crippen molar-refractivity contribution in [3.63, 3.8) is 0 Å². The average molecular weight is 366 g/mol. The molecule has 0 spiro atoms. The van der Waals surface area contributed by atoms with Gasteiger partial charge in [-0.3, -0.25) is 4.79 Å². The Morgan fingerprint density at radius 2 is 2.26 bits per heavy atom. The largest absolute Gasteiger partial charge is 0.351 e. The Morgan fingerprint density at radius 1 is 1.41 bits per heavy atom. The average Bonchev–Trinajstić information content (AvgIpc) is 3.28. The molecular weight excluding hydrogens is 340 g/mol. The van der Waals surface area contributed by atoms with E-state index in [9.17, 15) is 4.79 Å². The zero-order valence-corrected chi connectivity index (χ0v) is 16.2. The minimum absolute atomic E-state index is 0.0745. The number of fused-ring (bicyclic) bond motifs is 1. The molecule has 1 atom stereocenters. The highest BCUT2D eigenvalue weighted by atomic mass is 16.5. The van der Waals surface area contributed by atoms with Crippen molar-refractivity contribution in [3.05, 3.63) is 47.1 Å². The number of amides is 1. The fraction of sp³-hybridized carbons (Fsp3) is 0.476. The van der Waals surface area contributed by atoms with Gasteiger partial charge in [0, 0.05) is 25.1 Å². The number of piperidine rings is 1. The van der Waals surface area contributed by atoms with Crippen molar-refractivity contribution < 1.29 is 9.32 Å². The summed E-state index contributed by atoms with van der Waals surface area (Å²) < 4.78 is 5.32. The van der Waals surface area contributed by atoms with Gasteiger partial charge in [-0.05, 0) is 43.7 Å². The normalized spacial score (nSPS) is 17.8. The Balaban J connectivity index is 1.51. The van der Waals surface area contributed by atoms with Gasteiger partial charge in [0.1, 0.15) is 5.82 Å². The molecule has 0 bridgehead atoms. The first kappa shape index (κ1) is 17.8. The number of aromatic nitrogens is 3. The van der Waals surface area contributed by atoms with Crippen LogP contribution in [0.5, 0.6) is 0 Å². The summed E-state index contributed by atoms with van der Waals surface area (Å²) >= 11 is 0. The number of benzene rings is 1. The van der Waals surface area contributed by atoms with E-state index in [1.165, 1.54) is 0 Å². The minimum atomic E-state index is -0.0745. The Bertz CT molecular complexity index is 956. The lowest BCUT2D eigenvalue weighted by Crippen LogP contribution is -2.39. The number of para-hydroxylation sites is 1. The van der Waals surface area contributed by atoms with Crippen molar-refractivity contribution in [1.82, 2.24) is 20.0 Å². The molecule has 142 valence electrons. The molecule has 1 aliphatic heterocycles. The van der Waals surface area contributed by atoms with Gasteiger partial charge in [0.25, 0.3) is 5.91 Å². The molecule has 3 aromatic rings. The number of nitrogens with one attached hydrogen (secondary N) is 1. The first-order valence-electron chi connectivity index (χ1n) is 9.71. The summed E-state index contributed by atoms with van der Waals surface area (Å²) in [5, 5.41) is 4.05. The van der Waals surface area contributed by atoms with Crippen molar-refractivity contribution in [1.29, 1.82) is 0 Å². The number of aromatic amines is 1. The van der Waals surface area contributed by atoms with E-state index in [2.05, 4.69) is 43.0 Å². The maximum atomic E-state index is 12.9. The summed E-state index contributed by atoms with van der Waals surface area (Å²) in [5.74, 6) is 1.93. The number of rotatable bonds is 4. The van der Waals surface area contributed by atoms with Crippen molar-refractivity contribution in [2.24, 2.45) is 5.92 Å². The second-order valence-electron chi connectivity index (χ2n) is 7.96. The quantitative estimate of drug-likeness (QED) is 0.755. The van der Waals surface area contributed by atoms with Crippen LogP contribution < -0.4 is 0 Å². The molecule has 1 N–H and O–H groups in total. The summed E-state index contributed by atoms with van der Waals surface area (Å²) in [4.78, 5) is 23.0. The predicted octanol–water partition coefficient (Wildman–Crippen LogP) is 4.08. The first-order chi connectivity index (χ1) is 13.0. The van der Waals surface area contributed by atoms with Crippen molar-refractivity contribution in [2.45, 2.75) is 46.0 Å². The van der Waals surface area contributed by atoms with Gasteiger partial charge in [-0.25, -0.2) is 4.98 Å². The number of imidazole rings is 1. The van der Waals surface area contributed by atoms with E-state index < -0.39 is 0 Å². The van der Waals surface area contributed by atoms with Crippen LogP contribution >= 0.6 is 0 Å². The molecule has 1 aromatic carbocycles. The zero-order chi connectivity index (χ0) is 19.0. The summed E-state index contributed by atoms with van der Waals surface area (Å²) in [6.45, 7) is 7.72. The molecule has 6 heteroatoms. The van der Waals surface area contributed by atoms with E-state index in [1.54, 1.807) is 6.07 Å². The molecule has 0 saturated carbocycles. The van der Waals surface area contributed by atoms with E-state index in [0.717, 1.165) is 53.9 Å². The van der Waals surface area contributed by atoms with Crippen LogP contribution in [-0.4, -0.2) is 39.0 Å². The molecule has 1 saturated heterocycles. The Labute approximate surface area is 158 Å². The Hall–Kier alpha value is -2.63. The van der Waals surface area contributed by atoms with Crippen LogP contribution in [0.15, 0.2) is 28.8 Å². The summed E-state index contributed by atoms with van der Waals surface area (Å²) in [5.41, 5.74) is 4.08. The molecule has 3 heterocycles. The summed E-state index contributed by atoms with van der Waals surface area (Å²) in [6, 6.07) is 7.95. The minimum Gasteiger partial charge on any atom is -0.351 e. The monoisotopic (exact) mass is 366 g/mol. The molecule has 6 nitrogen and oxygen atoms in total. The number of likely N-dealkylation sites (tertiary alicyclic amines) is 1. The fourth-order valence-corrected chi connectivity index (χ4v) is 3.86. The van der Waals surface area contributed by atoms with Crippen LogP contribution in [0.4, 0.5) is 0 Å². The van der Waals surface area contributed by atoms with E-state index in [1.807, 2.05) is 11.0 Å². The molecule has 1 aliphatic rings. The third-order valence-corrected chi connectivity index (χ3v) is 5.22. The van der Waals surface area contributed by atoms with E-state index in [0.29, 0.717) is 18.2 Å². The predicted molar refractivity (Wildman–Crippen MR) is 104 cm³/mol. The molecule has 4 rings (SSSR count). The zero-order valence-electron chi connectivity index (χ0n) is 16.2. The Morgan fingerprint density at radius 3 is 3.04 bits per heavy atom. The van der Waals surface area contributed by atoms with Crippen LogP contribution in [0.2, 0.25) is 0 Å². The second kappa shape index (κ2) is 7.18. The number of hydrogen-bond donors (Lipinski definition) is 1. The number of hydrogen-bond acceptors (Lipinski definition) is 4. The molecule has 0 aliphatic carbocycles. The van der Waals surface area contributed by atoms with Gasteiger partial charge in [0.2, 0.25) is 5.76 Å². The van der Waals surface area contributed by atoms with E-state index in [4.69, 9.17) is 9.51 Å². The SMILES string of the molecule is Cc1cccc2[nH]c([C@@H]3CCCN(C(=O)c4cc(CC(C)C)no4)C3)nc12. The third-order valence-electron chi connectivity index (χ3n) is 5.22. The lowest BCUT2D eigenvalue weighted by Gasteiger charge is -2.31. The molecule has 27 heavy (non-hydrogen) atoms. The molecule has 0 unspecified atom stereocenters. The van der Waals surface area contributed by atoms with Crippen molar-refractivity contribution in [2.75, 3.05) is 13.1 Å². The number of H-pyrrole nitrogens is 1. The van der Waals surface area contributed by atoms with Crippen LogP contribution in [0, 0.1) is 12.8 Å². The van der Waals surface area contributed by atoms with Gasteiger partial charge >= 0.3 is 0 Å². The molecular formula is C21H26N4O2.